The van der Waals surface area contributed by atoms with Gasteiger partial charge in [-0.15, -0.1) is 0 Å². The van der Waals surface area contributed by atoms with E-state index in [2.05, 4.69) is 26.2 Å². The topological polar surface area (TPSA) is 120 Å². The Kier molecular flexibility index (Phi) is 46.3. The molecule has 0 amide bonds. The van der Waals surface area contributed by atoms with Crippen molar-refractivity contribution >= 4 is 25.0 Å². The van der Waals surface area contributed by atoms with E-state index in [9.17, 15) is 0 Å². The summed E-state index contributed by atoms with van der Waals surface area (Å²) in [5, 5.41) is 0. The van der Waals surface area contributed by atoms with Crippen LogP contribution in [0.4, 0.5) is 0 Å². The van der Waals surface area contributed by atoms with E-state index in [1.807, 2.05) is 0 Å². The molecule has 0 aromatic carbocycles. The summed E-state index contributed by atoms with van der Waals surface area (Å²) in [6.07, 6.45) is 2.02. The minimum atomic E-state index is -1.74. The predicted octanol–water partition coefficient (Wildman–Crippen LogP) is -0.795. The summed E-state index contributed by atoms with van der Waals surface area (Å²) in [7, 11) is -0.174. The minimum Gasteiger partial charge on any atom is -0.455 e. The summed E-state index contributed by atoms with van der Waals surface area (Å²) in [5.74, 6) is 0. The molecule has 0 unspecified atom stereocenters. The van der Waals surface area contributed by atoms with Gasteiger partial charge in [0, 0.05) is 27.4 Å². The van der Waals surface area contributed by atoms with Gasteiger partial charge in [-0.1, -0.05) is 8.41 Å². The van der Waals surface area contributed by atoms with Gasteiger partial charge in [-0.05, 0) is 51.1 Å². The first-order valence-corrected chi connectivity index (χ1v) is 23.5. The molecule has 0 atom stereocenters. The van der Waals surface area contributed by atoms with Gasteiger partial charge in [0.05, 0.1) is 132 Å². The number of hydrogen-bond acceptors (Lipinski definition) is 13. The first-order valence-electron chi connectivity index (χ1n) is 17.3. The zero-order chi connectivity index (χ0) is 34.6. The van der Waals surface area contributed by atoms with Crippen molar-refractivity contribution in [2.45, 2.75) is 51.1 Å². The van der Waals surface area contributed by atoms with Gasteiger partial charge < -0.3 is 61.0 Å². The summed E-state index contributed by atoms with van der Waals surface area (Å²) in [6, 6.07) is 2.18. The molecule has 0 aromatic heterocycles. The van der Waals surface area contributed by atoms with Crippen molar-refractivity contribution in [1.29, 1.82) is 0 Å². The average Bonchev–Trinajstić information content (AvgIpc) is 3.03. The van der Waals surface area contributed by atoms with Crippen molar-refractivity contribution in [2.24, 2.45) is 0 Å². The predicted molar refractivity (Wildman–Crippen MR) is 198 cm³/mol. The van der Waals surface area contributed by atoms with Crippen molar-refractivity contribution in [3.63, 3.8) is 0 Å². The van der Waals surface area contributed by atoms with Crippen molar-refractivity contribution in [3.05, 3.63) is 0 Å². The Hall–Kier alpha value is 0.979. The summed E-state index contributed by atoms with van der Waals surface area (Å²) in [5.41, 5.74) is 0. The Morgan fingerprint density at radius 1 is 0.306 bits per heavy atom. The van der Waals surface area contributed by atoms with E-state index in [1.165, 1.54) is 0 Å². The van der Waals surface area contributed by atoms with Crippen LogP contribution in [0.1, 0.15) is 12.8 Å². The maximum Gasteiger partial charge on any atom is 1.00 e. The first kappa shape index (κ1) is 54.3. The number of methoxy groups -OCH3 is 2. The van der Waals surface area contributed by atoms with Gasteiger partial charge >= 0.3 is 29.6 Å². The normalized spacial score (nSPS) is 11.9. The maximum absolute atomic E-state index is 6.74. The van der Waals surface area contributed by atoms with E-state index in [-0.39, 0.29) is 38.0 Å². The fraction of sp³-hybridized carbons (Fsp3) is 1.00. The van der Waals surface area contributed by atoms with Gasteiger partial charge in [-0.25, -0.2) is 0 Å². The van der Waals surface area contributed by atoms with Gasteiger partial charge in [-0.2, -0.15) is 0 Å². The van der Waals surface area contributed by atoms with Crippen LogP contribution in [0, 0.1) is 0 Å². The molecule has 0 aliphatic rings. The zero-order valence-electron chi connectivity index (χ0n) is 31.7. The number of rotatable bonds is 40. The summed E-state index contributed by atoms with van der Waals surface area (Å²) in [4.78, 5) is 0. The van der Waals surface area contributed by atoms with Gasteiger partial charge in [0.25, 0.3) is 0 Å². The molecular formula is C32H74BNaO13Si2. The first-order chi connectivity index (χ1) is 22.8. The Balaban J connectivity index is -0.0000106. The molecule has 0 spiro atoms. The van der Waals surface area contributed by atoms with E-state index in [4.69, 9.17) is 61.0 Å². The molecule has 0 heterocycles. The largest absolute Gasteiger partial charge is 1.00 e. The molecule has 0 radical (unpaired) electrons. The fourth-order valence-electron chi connectivity index (χ4n) is 4.30. The van der Waals surface area contributed by atoms with Crippen molar-refractivity contribution in [2.75, 3.05) is 160 Å². The minimum absolute atomic E-state index is 0. The third-order valence-corrected chi connectivity index (χ3v) is 14.1. The molecule has 17 heteroatoms. The van der Waals surface area contributed by atoms with Gasteiger partial charge in [0.1, 0.15) is 0 Å². The van der Waals surface area contributed by atoms with Crippen LogP contribution in [-0.2, 0) is 61.0 Å². The third kappa shape index (κ3) is 45.1. The van der Waals surface area contributed by atoms with E-state index in [0.717, 1.165) is 38.1 Å². The summed E-state index contributed by atoms with van der Waals surface area (Å²) in [6.45, 7) is 22.1. The Morgan fingerprint density at radius 3 is 0.694 bits per heavy atom. The van der Waals surface area contributed by atoms with Gasteiger partial charge in [0.15, 0.2) is 16.6 Å². The molecular weight excluding hydrogens is 682 g/mol. The molecule has 0 N–H and O–H groups in total. The van der Waals surface area contributed by atoms with E-state index in [1.54, 1.807) is 14.2 Å². The molecule has 292 valence electrons. The standard InChI is InChI=1S/C32H70O13Si2.BH4.Na/c1-33-11-13-37-19-21-41-27-29-43-25-23-39-17-15-35-9-7-31-46(3,4)45-47(5,6)32-8-10-36-16-18-40-24-26-44-30-28-42-22-20-38-14-12-34-2;;/h7-32H2,1-6H3;1H4;/q;-1;+1. The van der Waals surface area contributed by atoms with Crippen molar-refractivity contribution in [3.8, 4) is 0 Å². The van der Waals surface area contributed by atoms with Gasteiger partial charge in [-0.3, -0.25) is 0 Å². The SMILES string of the molecule is COCCOCCOCCOCCOCCOCCC[Si](C)(C)O[Si](C)(C)CCCOCCOCCOCCOCCOCCOC.[BH4-].[Na+]. The second-order valence-corrected chi connectivity index (χ2v) is 20.8. The molecule has 0 bridgehead atoms. The molecule has 0 saturated carbocycles. The summed E-state index contributed by atoms with van der Waals surface area (Å²) < 4.78 is 71.8. The van der Waals surface area contributed by atoms with Crippen LogP contribution in [0.15, 0.2) is 0 Å². The average molecular weight is 757 g/mol. The molecule has 0 aromatic rings. The fourth-order valence-corrected chi connectivity index (χ4v) is 13.1. The van der Waals surface area contributed by atoms with Crippen molar-refractivity contribution in [1.82, 2.24) is 0 Å². The van der Waals surface area contributed by atoms with Crippen LogP contribution in [0.25, 0.3) is 0 Å². The monoisotopic (exact) mass is 756 g/mol. The van der Waals surface area contributed by atoms with Crippen LogP contribution >= 0.6 is 0 Å². The molecule has 0 fully saturated rings. The smallest absolute Gasteiger partial charge is 0.455 e. The number of hydrogen-bond donors (Lipinski definition) is 0. The van der Waals surface area contributed by atoms with E-state index < -0.39 is 16.6 Å². The molecule has 0 aliphatic heterocycles. The van der Waals surface area contributed by atoms with Crippen LogP contribution < -0.4 is 29.6 Å². The van der Waals surface area contributed by atoms with E-state index in [0.29, 0.717) is 132 Å². The van der Waals surface area contributed by atoms with Gasteiger partial charge in [0.2, 0.25) is 0 Å². The second kappa shape index (κ2) is 41.7. The molecule has 13 nitrogen and oxygen atoms in total. The Morgan fingerprint density at radius 2 is 0.490 bits per heavy atom. The molecule has 0 rings (SSSR count). The molecule has 0 aliphatic carbocycles. The van der Waals surface area contributed by atoms with Crippen LogP contribution in [0.5, 0.6) is 0 Å². The molecule has 0 saturated heterocycles. The summed E-state index contributed by atoms with van der Waals surface area (Å²) >= 11 is 0. The zero-order valence-corrected chi connectivity index (χ0v) is 35.7. The van der Waals surface area contributed by atoms with Crippen LogP contribution in [0.3, 0.4) is 0 Å². The van der Waals surface area contributed by atoms with Crippen LogP contribution in [0.2, 0.25) is 38.3 Å². The Labute approximate surface area is 324 Å². The quantitative estimate of drug-likeness (QED) is 0.0575. The second-order valence-electron chi connectivity index (χ2n) is 11.9. The van der Waals surface area contributed by atoms with E-state index >= 15 is 0 Å². The third-order valence-electron chi connectivity index (χ3n) is 6.53. The number of ether oxygens (including phenoxy) is 12. The van der Waals surface area contributed by atoms with Crippen molar-refractivity contribution < 1.29 is 90.5 Å². The van der Waals surface area contributed by atoms with Crippen LogP contribution in [-0.4, -0.2) is 185 Å². The molecule has 49 heavy (non-hydrogen) atoms. The maximum atomic E-state index is 6.74. The Bertz CT molecular complexity index is 586.